The summed E-state index contributed by atoms with van der Waals surface area (Å²) in [7, 11) is -3.15. The minimum Gasteiger partial charge on any atom is -0.220 e. The summed E-state index contributed by atoms with van der Waals surface area (Å²) in [4.78, 5) is 0. The summed E-state index contributed by atoms with van der Waals surface area (Å²) in [5.41, 5.74) is 1.17. The van der Waals surface area contributed by atoms with E-state index in [1.165, 1.54) is 12.3 Å². The summed E-state index contributed by atoms with van der Waals surface area (Å²) in [6, 6.07) is 0. The zero-order chi connectivity index (χ0) is 7.90. The van der Waals surface area contributed by atoms with Crippen LogP contribution in [0.5, 0.6) is 0 Å². The van der Waals surface area contributed by atoms with Crippen LogP contribution in [-0.4, -0.2) is 20.3 Å². The van der Waals surface area contributed by atoms with Crippen LogP contribution in [0.15, 0.2) is 32.7 Å². The van der Waals surface area contributed by atoms with Gasteiger partial charge in [-0.3, -0.25) is 0 Å². The maximum atomic E-state index is 10.9. The number of nitrogens with zero attached hydrogens (tertiary/aromatic N) is 2. The van der Waals surface area contributed by atoms with E-state index < -0.39 is 9.84 Å². The lowest BCUT2D eigenvalue weighted by atomic mass is 10.2. The molecule has 0 spiro atoms. The topological polar surface area (TPSA) is 58.9 Å². The van der Waals surface area contributed by atoms with Crippen molar-refractivity contribution in [1.82, 2.24) is 0 Å². The number of sulfone groups is 1. The van der Waals surface area contributed by atoms with Crippen molar-refractivity contribution in [2.24, 2.45) is 10.2 Å². The molecule has 0 saturated heterocycles. The van der Waals surface area contributed by atoms with Crippen LogP contribution in [0.3, 0.4) is 0 Å². The molecule has 0 unspecified atom stereocenters. The van der Waals surface area contributed by atoms with Crippen molar-refractivity contribution in [3.05, 3.63) is 22.5 Å². The smallest absolute Gasteiger partial charge is 0.193 e. The van der Waals surface area contributed by atoms with Crippen LogP contribution < -0.4 is 0 Å². The highest BCUT2D eigenvalue weighted by atomic mass is 32.2. The average molecular weight is 168 g/mol. The zero-order valence-electron chi connectivity index (χ0n) is 5.43. The summed E-state index contributed by atoms with van der Waals surface area (Å²) >= 11 is 0. The molecule has 0 aliphatic carbocycles. The summed E-state index contributed by atoms with van der Waals surface area (Å²) in [6.07, 6.45) is 2.87. The molecule has 4 nitrogen and oxygen atoms in total. The largest absolute Gasteiger partial charge is 0.220 e. The second kappa shape index (κ2) is 1.88. The SMILES string of the molecule is O=S1(=O)C=CC2=NN=CC2=C1. The van der Waals surface area contributed by atoms with E-state index in [9.17, 15) is 8.42 Å². The second-order valence-electron chi connectivity index (χ2n) is 2.19. The minimum absolute atomic E-state index is 0.563. The van der Waals surface area contributed by atoms with E-state index in [1.807, 2.05) is 0 Å². The van der Waals surface area contributed by atoms with Crippen LogP contribution in [0.4, 0.5) is 0 Å². The highest BCUT2D eigenvalue weighted by Gasteiger charge is 2.16. The van der Waals surface area contributed by atoms with E-state index in [0.717, 1.165) is 10.8 Å². The van der Waals surface area contributed by atoms with Gasteiger partial charge in [-0.1, -0.05) is 0 Å². The van der Waals surface area contributed by atoms with Crippen LogP contribution in [-0.2, 0) is 9.84 Å². The van der Waals surface area contributed by atoms with Gasteiger partial charge in [0.25, 0.3) is 0 Å². The van der Waals surface area contributed by atoms with E-state index in [4.69, 9.17) is 0 Å². The maximum Gasteiger partial charge on any atom is 0.193 e. The summed E-state index contributed by atoms with van der Waals surface area (Å²) in [5, 5.41) is 9.53. The van der Waals surface area contributed by atoms with Crippen molar-refractivity contribution >= 4 is 21.8 Å². The molecule has 2 rings (SSSR count). The molecule has 11 heavy (non-hydrogen) atoms. The molecule has 5 heteroatoms. The quantitative estimate of drug-likeness (QED) is 0.520. The Labute approximate surface area is 63.6 Å². The molecule has 0 fully saturated rings. The lowest BCUT2D eigenvalue weighted by Gasteiger charge is -1.99. The Bertz CT molecular complexity index is 412. The third kappa shape index (κ3) is 1.03. The Balaban J connectivity index is 2.62. The Hall–Kier alpha value is -1.23. The summed E-state index contributed by atoms with van der Waals surface area (Å²) in [5.74, 6) is 0. The van der Waals surface area contributed by atoms with Crippen LogP contribution in [0.2, 0.25) is 0 Å². The monoisotopic (exact) mass is 168 g/mol. The standard InChI is InChI=1S/C6H4N2O2S/c9-11(10)2-1-6-5(4-11)3-7-8-6/h1-4H. The molecule has 0 amide bonds. The van der Waals surface area contributed by atoms with Gasteiger partial charge in [0, 0.05) is 16.4 Å². The predicted octanol–water partition coefficient (Wildman–Crippen LogP) is 0.253. The third-order valence-corrected chi connectivity index (χ3v) is 2.46. The highest BCUT2D eigenvalue weighted by Crippen LogP contribution is 2.14. The molecule has 2 heterocycles. The molecule has 0 saturated carbocycles. The fraction of sp³-hybridized carbons (Fsp3) is 0. The van der Waals surface area contributed by atoms with Crippen LogP contribution in [0.25, 0.3) is 0 Å². The lowest BCUT2D eigenvalue weighted by molar-refractivity contribution is 0.612. The predicted molar refractivity (Wildman–Crippen MR) is 42.1 cm³/mol. The maximum absolute atomic E-state index is 10.9. The average Bonchev–Trinajstić information content (AvgIpc) is 2.31. The first-order chi connectivity index (χ1) is 5.17. The first-order valence-electron chi connectivity index (χ1n) is 2.94. The third-order valence-electron chi connectivity index (χ3n) is 1.36. The van der Waals surface area contributed by atoms with E-state index in [1.54, 1.807) is 0 Å². The van der Waals surface area contributed by atoms with Gasteiger partial charge in [-0.25, -0.2) is 8.42 Å². The Kier molecular flexibility index (Phi) is 1.11. The molecule has 0 bridgehead atoms. The Morgan fingerprint density at radius 3 is 3.00 bits per heavy atom. The van der Waals surface area contributed by atoms with Crippen LogP contribution in [0.1, 0.15) is 0 Å². The molecule has 56 valence electrons. The van der Waals surface area contributed by atoms with Crippen molar-refractivity contribution in [2.45, 2.75) is 0 Å². The molecule has 2 aliphatic rings. The molecule has 0 radical (unpaired) electrons. The molecule has 0 aromatic heterocycles. The summed E-state index contributed by atoms with van der Waals surface area (Å²) in [6.45, 7) is 0. The van der Waals surface area contributed by atoms with Gasteiger partial charge < -0.3 is 0 Å². The number of hydrogen-bond acceptors (Lipinski definition) is 4. The number of hydrogen-bond donors (Lipinski definition) is 0. The Morgan fingerprint density at radius 2 is 2.18 bits per heavy atom. The van der Waals surface area contributed by atoms with Gasteiger partial charge in [0.05, 0.1) is 11.9 Å². The van der Waals surface area contributed by atoms with E-state index in [0.29, 0.717) is 11.3 Å². The summed E-state index contributed by atoms with van der Waals surface area (Å²) < 4.78 is 21.8. The molecule has 0 aromatic rings. The van der Waals surface area contributed by atoms with Crippen LogP contribution >= 0.6 is 0 Å². The van der Waals surface area contributed by atoms with Gasteiger partial charge in [0.2, 0.25) is 0 Å². The lowest BCUT2D eigenvalue weighted by Crippen LogP contribution is -2.05. The fourth-order valence-corrected chi connectivity index (χ4v) is 1.81. The van der Waals surface area contributed by atoms with Crippen molar-refractivity contribution in [3.8, 4) is 0 Å². The van der Waals surface area contributed by atoms with Gasteiger partial charge in [0.1, 0.15) is 0 Å². The van der Waals surface area contributed by atoms with Gasteiger partial charge >= 0.3 is 0 Å². The highest BCUT2D eigenvalue weighted by molar-refractivity contribution is 7.97. The molecule has 0 atom stereocenters. The van der Waals surface area contributed by atoms with E-state index >= 15 is 0 Å². The first-order valence-corrected chi connectivity index (χ1v) is 4.55. The number of allylic oxidation sites excluding steroid dienone is 2. The van der Waals surface area contributed by atoms with Crippen molar-refractivity contribution in [1.29, 1.82) is 0 Å². The first kappa shape index (κ1) is 6.48. The van der Waals surface area contributed by atoms with Crippen molar-refractivity contribution in [3.63, 3.8) is 0 Å². The van der Waals surface area contributed by atoms with Gasteiger partial charge in [-0.2, -0.15) is 10.2 Å². The van der Waals surface area contributed by atoms with Gasteiger partial charge in [-0.15, -0.1) is 0 Å². The molecular formula is C6H4N2O2S. The van der Waals surface area contributed by atoms with E-state index in [-0.39, 0.29) is 0 Å². The Morgan fingerprint density at radius 1 is 1.36 bits per heavy atom. The molecule has 2 aliphatic heterocycles. The fourth-order valence-electron chi connectivity index (χ4n) is 0.873. The number of rotatable bonds is 0. The normalized spacial score (nSPS) is 24.4. The minimum atomic E-state index is -3.15. The van der Waals surface area contributed by atoms with Gasteiger partial charge in [0.15, 0.2) is 9.84 Å². The van der Waals surface area contributed by atoms with Crippen molar-refractivity contribution < 1.29 is 8.42 Å². The number of fused-ring (bicyclic) bond motifs is 1. The molecule has 0 N–H and O–H groups in total. The van der Waals surface area contributed by atoms with Gasteiger partial charge in [-0.05, 0) is 6.08 Å². The zero-order valence-corrected chi connectivity index (χ0v) is 6.25. The second-order valence-corrected chi connectivity index (χ2v) is 3.88. The van der Waals surface area contributed by atoms with Crippen molar-refractivity contribution in [2.75, 3.05) is 0 Å². The van der Waals surface area contributed by atoms with E-state index in [2.05, 4.69) is 10.2 Å². The van der Waals surface area contributed by atoms with Crippen LogP contribution in [0, 0.1) is 0 Å². The molecular weight excluding hydrogens is 164 g/mol. The molecule has 0 aromatic carbocycles.